The van der Waals surface area contributed by atoms with Crippen LogP contribution in [0.4, 0.5) is 5.69 Å². The van der Waals surface area contributed by atoms with Crippen LogP contribution in [0.2, 0.25) is 0 Å². The number of hydrazine groups is 2. The average Bonchev–Trinajstić information content (AvgIpc) is 3.44. The Balaban J connectivity index is 1.46. The number of nitrogens with one attached hydrogen (secondary N) is 1. The van der Waals surface area contributed by atoms with Crippen molar-refractivity contribution in [2.45, 2.75) is 26.2 Å². The summed E-state index contributed by atoms with van der Waals surface area (Å²) in [5, 5.41) is 6.21. The van der Waals surface area contributed by atoms with Gasteiger partial charge in [-0.1, -0.05) is 45.0 Å². The predicted molar refractivity (Wildman–Crippen MR) is 146 cm³/mol. The Labute approximate surface area is 211 Å². The summed E-state index contributed by atoms with van der Waals surface area (Å²) in [7, 11) is 1.96. The highest BCUT2D eigenvalue weighted by Gasteiger charge is 2.19. The molecule has 0 fully saturated rings. The van der Waals surface area contributed by atoms with Crippen LogP contribution >= 0.6 is 0 Å². The second kappa shape index (κ2) is 8.43. The molecule has 5 aromatic rings. The van der Waals surface area contributed by atoms with Crippen LogP contribution in [-0.4, -0.2) is 21.6 Å². The summed E-state index contributed by atoms with van der Waals surface area (Å²) in [5.74, 6) is 2.43. The Morgan fingerprint density at radius 1 is 0.778 bits per heavy atom. The third-order valence-electron chi connectivity index (χ3n) is 6.52. The zero-order valence-electron chi connectivity index (χ0n) is 20.9. The Kier molecular flexibility index (Phi) is 5.20. The van der Waals surface area contributed by atoms with E-state index in [2.05, 4.69) is 66.2 Å². The van der Waals surface area contributed by atoms with Crippen LogP contribution < -0.4 is 15.3 Å². The molecular formula is C30H29N5O. The van der Waals surface area contributed by atoms with Gasteiger partial charge in [0.1, 0.15) is 17.3 Å². The Morgan fingerprint density at radius 2 is 1.56 bits per heavy atom. The SMILES string of the molecule is CN1C=CN(c2cccc(Oc3ccc4c5ccc(C(C)(C)C)cc5n(-c5ccccn5)c4c3)c2)N1. The number of hydrogen-bond donors (Lipinski definition) is 1. The lowest BCUT2D eigenvalue weighted by Crippen LogP contribution is -2.36. The number of ether oxygens (including phenoxy) is 1. The van der Waals surface area contributed by atoms with Crippen molar-refractivity contribution in [1.82, 2.24) is 20.1 Å². The van der Waals surface area contributed by atoms with Gasteiger partial charge in [-0.05, 0) is 53.4 Å². The van der Waals surface area contributed by atoms with Crippen molar-refractivity contribution in [3.05, 3.63) is 103 Å². The molecule has 1 aliphatic rings. The molecule has 36 heavy (non-hydrogen) atoms. The van der Waals surface area contributed by atoms with Gasteiger partial charge in [-0.2, -0.15) is 0 Å². The number of aromatic nitrogens is 2. The van der Waals surface area contributed by atoms with Crippen LogP contribution in [0.3, 0.4) is 0 Å². The van der Waals surface area contributed by atoms with Crippen molar-refractivity contribution in [3.8, 4) is 17.3 Å². The number of nitrogens with zero attached hydrogens (tertiary/aromatic N) is 4. The first kappa shape index (κ1) is 22.2. The molecule has 3 aromatic carbocycles. The Morgan fingerprint density at radius 3 is 2.28 bits per heavy atom. The summed E-state index contributed by atoms with van der Waals surface area (Å²) < 4.78 is 8.59. The zero-order valence-corrected chi connectivity index (χ0v) is 20.9. The van der Waals surface area contributed by atoms with E-state index in [-0.39, 0.29) is 5.41 Å². The van der Waals surface area contributed by atoms with Crippen LogP contribution in [0.15, 0.2) is 97.5 Å². The van der Waals surface area contributed by atoms with Crippen molar-refractivity contribution < 1.29 is 4.74 Å². The molecule has 0 spiro atoms. The normalized spacial score (nSPS) is 13.8. The second-order valence-corrected chi connectivity index (χ2v) is 10.2. The molecule has 180 valence electrons. The minimum atomic E-state index is 0.0487. The number of benzene rings is 3. The molecule has 0 aliphatic carbocycles. The van der Waals surface area contributed by atoms with Crippen LogP contribution in [0.25, 0.3) is 27.6 Å². The van der Waals surface area contributed by atoms with E-state index in [9.17, 15) is 0 Å². The molecule has 0 radical (unpaired) electrons. The van der Waals surface area contributed by atoms with Gasteiger partial charge in [-0.3, -0.25) is 14.6 Å². The highest BCUT2D eigenvalue weighted by atomic mass is 16.5. The Hall–Kier alpha value is -4.29. The third kappa shape index (κ3) is 3.95. The minimum Gasteiger partial charge on any atom is -0.457 e. The first-order chi connectivity index (χ1) is 17.4. The summed E-state index contributed by atoms with van der Waals surface area (Å²) in [6.45, 7) is 6.73. The lowest BCUT2D eigenvalue weighted by Gasteiger charge is -2.20. The van der Waals surface area contributed by atoms with Gasteiger partial charge in [-0.15, -0.1) is 5.53 Å². The van der Waals surface area contributed by atoms with Crippen molar-refractivity contribution in [3.63, 3.8) is 0 Å². The van der Waals surface area contributed by atoms with E-state index in [1.807, 2.05) is 84.2 Å². The quantitative estimate of drug-likeness (QED) is 0.306. The van der Waals surface area contributed by atoms with Gasteiger partial charge in [0, 0.05) is 48.5 Å². The van der Waals surface area contributed by atoms with Gasteiger partial charge in [0.25, 0.3) is 0 Å². The molecule has 0 amide bonds. The summed E-state index contributed by atoms with van der Waals surface area (Å²) in [6, 6.07) is 27.1. The molecule has 6 nitrogen and oxygen atoms in total. The number of anilines is 1. The smallest absolute Gasteiger partial charge is 0.137 e. The van der Waals surface area contributed by atoms with Gasteiger partial charge in [0.05, 0.1) is 16.7 Å². The van der Waals surface area contributed by atoms with Gasteiger partial charge < -0.3 is 4.74 Å². The average molecular weight is 476 g/mol. The van der Waals surface area contributed by atoms with E-state index in [1.54, 1.807) is 0 Å². The first-order valence-corrected chi connectivity index (χ1v) is 12.1. The second-order valence-electron chi connectivity index (χ2n) is 10.2. The van der Waals surface area contributed by atoms with Crippen LogP contribution in [0.5, 0.6) is 11.5 Å². The van der Waals surface area contributed by atoms with Crippen LogP contribution in [0, 0.1) is 0 Å². The number of rotatable bonds is 4. The maximum Gasteiger partial charge on any atom is 0.137 e. The fraction of sp³-hybridized carbons (Fsp3) is 0.167. The van der Waals surface area contributed by atoms with E-state index < -0.39 is 0 Å². The van der Waals surface area contributed by atoms with E-state index in [4.69, 9.17) is 4.74 Å². The van der Waals surface area contributed by atoms with Gasteiger partial charge >= 0.3 is 0 Å². The summed E-state index contributed by atoms with van der Waals surface area (Å²) >= 11 is 0. The predicted octanol–water partition coefficient (Wildman–Crippen LogP) is 6.91. The molecule has 6 heteroatoms. The van der Waals surface area contributed by atoms with Crippen LogP contribution in [0.1, 0.15) is 26.3 Å². The van der Waals surface area contributed by atoms with E-state index in [0.717, 1.165) is 34.0 Å². The van der Waals surface area contributed by atoms with Gasteiger partial charge in [0.15, 0.2) is 0 Å². The number of hydrogen-bond acceptors (Lipinski definition) is 5. The molecular weight excluding hydrogens is 446 g/mol. The molecule has 1 aliphatic heterocycles. The number of pyridine rings is 1. The highest BCUT2D eigenvalue weighted by Crippen LogP contribution is 2.37. The van der Waals surface area contributed by atoms with Gasteiger partial charge in [0.2, 0.25) is 0 Å². The van der Waals surface area contributed by atoms with Crippen molar-refractivity contribution in [2.24, 2.45) is 0 Å². The lowest BCUT2D eigenvalue weighted by molar-refractivity contribution is 0.358. The molecule has 2 aromatic heterocycles. The van der Waals surface area contributed by atoms with Crippen molar-refractivity contribution in [2.75, 3.05) is 12.1 Å². The van der Waals surface area contributed by atoms with E-state index in [0.29, 0.717) is 0 Å². The summed E-state index contributed by atoms with van der Waals surface area (Å²) in [4.78, 5) is 4.69. The minimum absolute atomic E-state index is 0.0487. The van der Waals surface area contributed by atoms with Crippen LogP contribution in [-0.2, 0) is 5.41 Å². The fourth-order valence-corrected chi connectivity index (χ4v) is 4.64. The maximum atomic E-state index is 6.35. The lowest BCUT2D eigenvalue weighted by atomic mass is 9.86. The van der Waals surface area contributed by atoms with Crippen molar-refractivity contribution in [1.29, 1.82) is 0 Å². The third-order valence-corrected chi connectivity index (χ3v) is 6.52. The molecule has 0 atom stereocenters. The molecule has 6 rings (SSSR count). The van der Waals surface area contributed by atoms with Crippen molar-refractivity contribution >= 4 is 27.5 Å². The van der Waals surface area contributed by atoms with Gasteiger partial charge in [-0.25, -0.2) is 4.98 Å². The zero-order chi connectivity index (χ0) is 24.9. The van der Waals surface area contributed by atoms with E-state index in [1.165, 1.54) is 16.3 Å². The summed E-state index contributed by atoms with van der Waals surface area (Å²) in [5.41, 5.74) is 7.77. The fourth-order valence-electron chi connectivity index (χ4n) is 4.64. The Bertz CT molecular complexity index is 1600. The molecule has 0 saturated carbocycles. The number of fused-ring (bicyclic) bond motifs is 3. The molecule has 0 unspecified atom stereocenters. The molecule has 0 bridgehead atoms. The maximum absolute atomic E-state index is 6.35. The largest absolute Gasteiger partial charge is 0.457 e. The standard InChI is InChI=1S/C30H29N5O/c1-30(2,3)21-11-13-25-26-14-12-24(20-28(26)35(27(25)18-21)29-10-5-6-15-31-29)36-23-9-7-8-22(19-23)34-17-16-33(4)32-34/h5-20,32H,1-4H3. The summed E-state index contributed by atoms with van der Waals surface area (Å²) in [6.07, 6.45) is 5.77. The molecule has 3 heterocycles. The topological polar surface area (TPSA) is 45.6 Å². The monoisotopic (exact) mass is 475 g/mol. The molecule has 0 saturated heterocycles. The highest BCUT2D eigenvalue weighted by molar-refractivity contribution is 6.09. The van der Waals surface area contributed by atoms with E-state index >= 15 is 0 Å². The first-order valence-electron chi connectivity index (χ1n) is 12.1. The molecule has 1 N–H and O–H groups in total.